The molecule has 0 fully saturated rings. The van der Waals surface area contributed by atoms with Gasteiger partial charge in [-0.25, -0.2) is 0 Å². The molecule has 0 aromatic heterocycles. The summed E-state index contributed by atoms with van der Waals surface area (Å²) in [5.41, 5.74) is 0. The maximum atomic E-state index is 0. The molecule has 2 nitrogen and oxygen atoms in total. The molecule has 0 heterocycles. The number of halogens is 1. The standard InChI is InChI=1S/ClH.H3N.H2O.H2S/h1H;1H3;2*1H2. The molecule has 0 saturated heterocycles. The van der Waals surface area contributed by atoms with Crippen molar-refractivity contribution in [3.8, 4) is 0 Å². The highest BCUT2D eigenvalue weighted by atomic mass is 35.5. The lowest BCUT2D eigenvalue weighted by Gasteiger charge is -0.412. The smallest absolute Gasteiger partial charge is 0.147 e. The molecule has 0 rings (SSSR count). The molecule has 0 bridgehead atoms. The highest BCUT2D eigenvalue weighted by Crippen LogP contribution is 0.690. The van der Waals surface area contributed by atoms with Gasteiger partial charge in [-0.15, -0.1) is 12.4 Å². The Bertz CT molecular complexity index is 8.00. The van der Waals surface area contributed by atoms with Crippen LogP contribution in [0.1, 0.15) is 0 Å². The monoisotopic (exact) mass is 105 g/mol. The van der Waals surface area contributed by atoms with Gasteiger partial charge in [-0.3, -0.25) is 0 Å². The molecule has 0 aliphatic carbocycles. The van der Waals surface area contributed by atoms with Gasteiger partial charge in [0.1, 0.15) is 0 Å². The van der Waals surface area contributed by atoms with E-state index in [1.54, 1.807) is 0 Å². The van der Waals surface area contributed by atoms with E-state index in [9.17, 15) is 0 Å². The van der Waals surface area contributed by atoms with Crippen molar-refractivity contribution in [1.82, 2.24) is 6.15 Å². The zero-order chi connectivity index (χ0) is 0. The van der Waals surface area contributed by atoms with Crippen molar-refractivity contribution >= 4 is 25.9 Å². The van der Waals surface area contributed by atoms with Crippen molar-refractivity contribution in [3.63, 3.8) is 0 Å². The lowest BCUT2D eigenvalue weighted by atomic mass is 14.0. The average Bonchev–Trinajstić information content (AvgIpc) is 0. The van der Waals surface area contributed by atoms with Gasteiger partial charge in [-0.1, -0.05) is 0 Å². The second-order valence-corrected chi connectivity index (χ2v) is 0. The molecule has 5 N–H and O–H groups in total. The third-order valence-electron chi connectivity index (χ3n) is 0. The summed E-state index contributed by atoms with van der Waals surface area (Å²) in [7, 11) is 0. The van der Waals surface area contributed by atoms with Crippen LogP contribution in [0, 0.1) is 0 Å². The Morgan fingerprint density at radius 3 is 1.00 bits per heavy atom. The van der Waals surface area contributed by atoms with Gasteiger partial charge >= 0.3 is 0 Å². The predicted octanol–water partition coefficient (Wildman–Crippen LogP) is -0.128. The fraction of sp³-hybridized carbons (Fsp3) is 0. The van der Waals surface area contributed by atoms with Crippen LogP contribution in [-0.4, -0.2) is 5.48 Å². The van der Waals surface area contributed by atoms with Gasteiger partial charge in [0.05, 0.1) is 0 Å². The molecule has 0 amide bonds. The van der Waals surface area contributed by atoms with Crippen molar-refractivity contribution in [2.75, 3.05) is 0 Å². The van der Waals surface area contributed by atoms with Crippen LogP contribution < -0.4 is 6.15 Å². The van der Waals surface area contributed by atoms with Gasteiger partial charge in [-0.2, -0.15) is 13.5 Å². The van der Waals surface area contributed by atoms with Gasteiger partial charge in [0, 0.05) is 0 Å². The van der Waals surface area contributed by atoms with Crippen LogP contribution in [0.2, 0.25) is 0 Å². The Hall–Kier alpha value is 0.560. The maximum Gasteiger partial charge on any atom is -0.147 e. The summed E-state index contributed by atoms with van der Waals surface area (Å²) in [4.78, 5) is 0. The Morgan fingerprint density at radius 2 is 1.00 bits per heavy atom. The highest BCUT2D eigenvalue weighted by Gasteiger charge is -0.147. The quantitative estimate of drug-likeness (QED) is 0.458. The van der Waals surface area contributed by atoms with E-state index < -0.39 is 0 Å². The van der Waals surface area contributed by atoms with Gasteiger partial charge in [0.25, 0.3) is 0 Å². The molecule has 0 aliphatic rings. The fourth-order valence-electron chi connectivity index (χ4n) is 0. The van der Waals surface area contributed by atoms with Crippen LogP contribution >= 0.6 is 25.9 Å². The zero-order valence-corrected chi connectivity index (χ0v) is 3.93. The van der Waals surface area contributed by atoms with Crippen LogP contribution in [0.15, 0.2) is 0 Å². The van der Waals surface area contributed by atoms with E-state index in [4.69, 9.17) is 0 Å². The summed E-state index contributed by atoms with van der Waals surface area (Å²) < 4.78 is 0. The average molecular weight is 106 g/mol. The van der Waals surface area contributed by atoms with Crippen LogP contribution in [0.4, 0.5) is 0 Å². The van der Waals surface area contributed by atoms with Crippen LogP contribution in [0.5, 0.6) is 0 Å². The topological polar surface area (TPSA) is 66.5 Å². The first-order valence-electron chi connectivity index (χ1n) is 0. The summed E-state index contributed by atoms with van der Waals surface area (Å²) in [5, 5.41) is 0. The summed E-state index contributed by atoms with van der Waals surface area (Å²) in [6, 6.07) is 0. The molecular weight excluding hydrogens is 97.5 g/mol. The van der Waals surface area contributed by atoms with Crippen molar-refractivity contribution in [1.29, 1.82) is 0 Å². The maximum absolute atomic E-state index is 0. The van der Waals surface area contributed by atoms with Crippen molar-refractivity contribution in [3.05, 3.63) is 0 Å². The molecule has 0 aliphatic heterocycles. The SMILES string of the molecule is Cl.N.O.S. The molecule has 32 valence electrons. The summed E-state index contributed by atoms with van der Waals surface area (Å²) in [5.74, 6) is 0. The van der Waals surface area contributed by atoms with E-state index in [2.05, 4.69) is 0 Å². The summed E-state index contributed by atoms with van der Waals surface area (Å²) in [6.07, 6.45) is 0. The number of hydrogen-bond donors (Lipinski definition) is 1. The minimum atomic E-state index is 0. The van der Waals surface area contributed by atoms with Crippen molar-refractivity contribution < 1.29 is 5.48 Å². The molecular formula is H8ClNOS. The lowest BCUT2D eigenvalue weighted by molar-refractivity contribution is 0.824. The Kier molecular flexibility index (Phi) is 3430. The zero-order valence-electron chi connectivity index (χ0n) is 2.12. The summed E-state index contributed by atoms with van der Waals surface area (Å²) in [6.45, 7) is 0. The Morgan fingerprint density at radius 1 is 1.00 bits per heavy atom. The van der Waals surface area contributed by atoms with E-state index in [0.29, 0.717) is 0 Å². The third-order valence-corrected chi connectivity index (χ3v) is 0. The molecule has 0 saturated carbocycles. The minimum absolute atomic E-state index is 0. The second kappa shape index (κ2) is 74.4. The first-order valence-corrected chi connectivity index (χ1v) is 0. The summed E-state index contributed by atoms with van der Waals surface area (Å²) >= 11 is 0. The van der Waals surface area contributed by atoms with Gasteiger partial charge in [0.2, 0.25) is 0 Å². The van der Waals surface area contributed by atoms with Gasteiger partial charge < -0.3 is 11.6 Å². The van der Waals surface area contributed by atoms with E-state index >= 15 is 0 Å². The molecule has 0 aromatic carbocycles. The normalized spacial score (nSPS) is 0. The van der Waals surface area contributed by atoms with E-state index in [1.165, 1.54) is 0 Å². The molecule has 0 aromatic rings. The molecule has 4 heavy (non-hydrogen) atoms. The first kappa shape index (κ1) is 184. The Labute approximate surface area is 38.3 Å². The molecule has 0 spiro atoms. The van der Waals surface area contributed by atoms with Gasteiger partial charge in [0.15, 0.2) is 0 Å². The van der Waals surface area contributed by atoms with Gasteiger partial charge in [-0.05, 0) is 0 Å². The number of rotatable bonds is 0. The largest absolute Gasteiger partial charge is 0.412 e. The second-order valence-electron chi connectivity index (χ2n) is 0. The molecule has 4 heteroatoms. The van der Waals surface area contributed by atoms with E-state index in [1.807, 2.05) is 0 Å². The highest BCUT2D eigenvalue weighted by molar-refractivity contribution is 7.59. The van der Waals surface area contributed by atoms with Crippen molar-refractivity contribution in [2.45, 2.75) is 0 Å². The minimum Gasteiger partial charge on any atom is -0.412 e. The predicted molar refractivity (Wildman–Crippen MR) is 26.3 cm³/mol. The van der Waals surface area contributed by atoms with E-state index in [-0.39, 0.29) is 37.5 Å². The Balaban J connectivity index is 0. The van der Waals surface area contributed by atoms with Crippen LogP contribution in [-0.2, 0) is 0 Å². The van der Waals surface area contributed by atoms with Crippen molar-refractivity contribution in [2.24, 2.45) is 0 Å². The van der Waals surface area contributed by atoms with Crippen LogP contribution in [0.3, 0.4) is 0 Å². The molecule has 0 atom stereocenters. The number of hydrogen-bond acceptors (Lipinski definition) is 1. The molecule has 0 unspecified atom stereocenters. The first-order chi connectivity index (χ1) is 0. The fourth-order valence-corrected chi connectivity index (χ4v) is 0. The lowest BCUT2D eigenvalue weighted by Crippen LogP contribution is -0.481. The van der Waals surface area contributed by atoms with Crippen LogP contribution in [0.25, 0.3) is 0 Å². The molecule has 0 radical (unpaired) electrons. The van der Waals surface area contributed by atoms with E-state index in [0.717, 1.165) is 0 Å². The third kappa shape index (κ3) is 19.9.